The molecule has 1 spiro atoms. The van der Waals surface area contributed by atoms with Crippen molar-refractivity contribution in [2.45, 2.75) is 37.6 Å². The molecule has 1 N–H and O–H groups in total. The summed E-state index contributed by atoms with van der Waals surface area (Å²) >= 11 is 0. The molecule has 0 aromatic carbocycles. The first-order valence-electron chi connectivity index (χ1n) is 6.82. The lowest BCUT2D eigenvalue weighted by Gasteiger charge is -2.52. The lowest BCUT2D eigenvalue weighted by molar-refractivity contribution is -0.143. The lowest BCUT2D eigenvalue weighted by Crippen LogP contribution is -2.64. The van der Waals surface area contributed by atoms with Crippen LogP contribution in [0.3, 0.4) is 0 Å². The molecule has 19 heavy (non-hydrogen) atoms. The first kappa shape index (κ1) is 19.0. The van der Waals surface area contributed by atoms with Crippen molar-refractivity contribution >= 4 is 30.7 Å². The van der Waals surface area contributed by atoms with Gasteiger partial charge in [0, 0.05) is 19.6 Å². The van der Waals surface area contributed by atoms with Gasteiger partial charge in [0.25, 0.3) is 0 Å². The average Bonchev–Trinajstić information content (AvgIpc) is 2.30. The molecule has 1 amide bonds. The number of carbonyl (C=O) groups excluding carboxylic acids is 1. The topological polar surface area (TPSA) is 35.6 Å². The van der Waals surface area contributed by atoms with E-state index in [1.54, 1.807) is 0 Å². The molecule has 0 unspecified atom stereocenters. The second-order valence-corrected chi connectivity index (χ2v) is 5.60. The molecule has 114 valence electrons. The smallest absolute Gasteiger partial charge is 0.237 e. The van der Waals surface area contributed by atoms with Gasteiger partial charge in [-0.15, -0.1) is 24.8 Å². The van der Waals surface area contributed by atoms with Crippen molar-refractivity contribution in [2.75, 3.05) is 40.3 Å². The summed E-state index contributed by atoms with van der Waals surface area (Å²) in [6.45, 7) is 3.45. The number of nitrogens with one attached hydrogen (secondary N) is 1. The SMILES string of the molecule is CNCC(=O)N1CCN(C)CC12CCCCC2.Cl.Cl. The van der Waals surface area contributed by atoms with Crippen molar-refractivity contribution < 1.29 is 4.79 Å². The van der Waals surface area contributed by atoms with Gasteiger partial charge < -0.3 is 15.1 Å². The number of hydrogen-bond donors (Lipinski definition) is 1. The second-order valence-electron chi connectivity index (χ2n) is 5.60. The third-order valence-corrected chi connectivity index (χ3v) is 4.26. The van der Waals surface area contributed by atoms with E-state index in [0.29, 0.717) is 6.54 Å². The molecule has 6 heteroatoms. The fourth-order valence-corrected chi connectivity index (χ4v) is 3.45. The van der Waals surface area contributed by atoms with Crippen LogP contribution >= 0.6 is 24.8 Å². The summed E-state index contributed by atoms with van der Waals surface area (Å²) in [5.74, 6) is 0.280. The monoisotopic (exact) mass is 311 g/mol. The molecule has 1 saturated carbocycles. The maximum Gasteiger partial charge on any atom is 0.237 e. The van der Waals surface area contributed by atoms with Crippen molar-refractivity contribution in [3.63, 3.8) is 0 Å². The first-order valence-corrected chi connectivity index (χ1v) is 6.82. The molecule has 0 radical (unpaired) electrons. The number of halogens is 2. The van der Waals surface area contributed by atoms with Crippen molar-refractivity contribution in [3.8, 4) is 0 Å². The van der Waals surface area contributed by atoms with E-state index >= 15 is 0 Å². The Hall–Kier alpha value is -0.0300. The Kier molecular flexibility index (Phi) is 8.29. The number of rotatable bonds is 2. The molecule has 2 fully saturated rings. The van der Waals surface area contributed by atoms with Crippen LogP contribution in [0.5, 0.6) is 0 Å². The molecule has 1 saturated heterocycles. The normalized spacial score (nSPS) is 22.5. The number of amides is 1. The fourth-order valence-electron chi connectivity index (χ4n) is 3.45. The van der Waals surface area contributed by atoms with Gasteiger partial charge in [0.15, 0.2) is 0 Å². The van der Waals surface area contributed by atoms with E-state index in [1.807, 2.05) is 7.05 Å². The van der Waals surface area contributed by atoms with Crippen LogP contribution < -0.4 is 5.32 Å². The number of hydrogen-bond acceptors (Lipinski definition) is 3. The summed E-state index contributed by atoms with van der Waals surface area (Å²) in [6.07, 6.45) is 6.26. The van der Waals surface area contributed by atoms with Gasteiger partial charge in [-0.1, -0.05) is 19.3 Å². The highest BCUT2D eigenvalue weighted by Crippen LogP contribution is 2.36. The molecular formula is C13H27Cl2N3O. The minimum absolute atomic E-state index is 0. The predicted octanol–water partition coefficient (Wildman–Crippen LogP) is 1.53. The van der Waals surface area contributed by atoms with E-state index in [2.05, 4.69) is 22.2 Å². The fraction of sp³-hybridized carbons (Fsp3) is 0.923. The first-order chi connectivity index (χ1) is 8.18. The molecule has 0 aromatic rings. The van der Waals surface area contributed by atoms with Crippen molar-refractivity contribution in [3.05, 3.63) is 0 Å². The number of carbonyl (C=O) groups is 1. The van der Waals surface area contributed by atoms with Crippen molar-refractivity contribution in [2.24, 2.45) is 0 Å². The molecule has 0 atom stereocenters. The van der Waals surface area contributed by atoms with Crippen LogP contribution in [-0.4, -0.2) is 61.5 Å². The highest BCUT2D eigenvalue weighted by atomic mass is 35.5. The Bertz CT molecular complexity index is 283. The van der Waals surface area contributed by atoms with Gasteiger partial charge in [0.1, 0.15) is 0 Å². The zero-order valence-electron chi connectivity index (χ0n) is 12.0. The van der Waals surface area contributed by atoms with Crippen LogP contribution in [0, 0.1) is 0 Å². The van der Waals surface area contributed by atoms with E-state index < -0.39 is 0 Å². The van der Waals surface area contributed by atoms with Gasteiger partial charge in [-0.3, -0.25) is 4.79 Å². The maximum absolute atomic E-state index is 12.2. The highest BCUT2D eigenvalue weighted by Gasteiger charge is 2.43. The zero-order chi connectivity index (χ0) is 12.3. The van der Waals surface area contributed by atoms with Crippen molar-refractivity contribution in [1.82, 2.24) is 15.1 Å². The largest absolute Gasteiger partial charge is 0.333 e. The summed E-state index contributed by atoms with van der Waals surface area (Å²) in [5.41, 5.74) is 0.138. The summed E-state index contributed by atoms with van der Waals surface area (Å²) in [5, 5.41) is 2.99. The average molecular weight is 312 g/mol. The number of likely N-dealkylation sites (N-methyl/N-ethyl adjacent to an activating group) is 2. The summed E-state index contributed by atoms with van der Waals surface area (Å²) in [4.78, 5) is 16.8. The highest BCUT2D eigenvalue weighted by molar-refractivity contribution is 5.85. The number of nitrogens with zero attached hydrogens (tertiary/aromatic N) is 2. The molecule has 2 aliphatic rings. The van der Waals surface area contributed by atoms with Gasteiger partial charge in [-0.05, 0) is 26.9 Å². The molecule has 4 nitrogen and oxygen atoms in total. The van der Waals surface area contributed by atoms with E-state index in [1.165, 1.54) is 32.1 Å². The minimum Gasteiger partial charge on any atom is -0.333 e. The van der Waals surface area contributed by atoms with E-state index in [0.717, 1.165) is 19.6 Å². The van der Waals surface area contributed by atoms with Crippen LogP contribution in [0.25, 0.3) is 0 Å². The lowest BCUT2D eigenvalue weighted by atomic mass is 9.78. The van der Waals surface area contributed by atoms with Crippen LogP contribution in [0.4, 0.5) is 0 Å². The van der Waals surface area contributed by atoms with Crippen LogP contribution in [-0.2, 0) is 4.79 Å². The van der Waals surface area contributed by atoms with Gasteiger partial charge in [-0.2, -0.15) is 0 Å². The molecular weight excluding hydrogens is 285 g/mol. The Labute approximate surface area is 129 Å². The van der Waals surface area contributed by atoms with Crippen LogP contribution in [0.2, 0.25) is 0 Å². The van der Waals surface area contributed by atoms with Crippen LogP contribution in [0.1, 0.15) is 32.1 Å². The third kappa shape index (κ3) is 4.22. The van der Waals surface area contributed by atoms with E-state index in [4.69, 9.17) is 0 Å². The molecule has 1 aliphatic carbocycles. The van der Waals surface area contributed by atoms with Gasteiger partial charge in [0.05, 0.1) is 12.1 Å². The Morgan fingerprint density at radius 3 is 2.37 bits per heavy atom. The van der Waals surface area contributed by atoms with Crippen LogP contribution in [0.15, 0.2) is 0 Å². The van der Waals surface area contributed by atoms with Crippen molar-refractivity contribution in [1.29, 1.82) is 0 Å². The summed E-state index contributed by atoms with van der Waals surface area (Å²) in [6, 6.07) is 0. The van der Waals surface area contributed by atoms with E-state index in [-0.39, 0.29) is 36.3 Å². The molecule has 2 rings (SSSR count). The Morgan fingerprint density at radius 1 is 1.16 bits per heavy atom. The van der Waals surface area contributed by atoms with Gasteiger partial charge in [0.2, 0.25) is 5.91 Å². The summed E-state index contributed by atoms with van der Waals surface area (Å²) in [7, 11) is 4.03. The second kappa shape index (κ2) is 8.30. The number of piperazine rings is 1. The zero-order valence-corrected chi connectivity index (χ0v) is 13.6. The summed E-state index contributed by atoms with van der Waals surface area (Å²) < 4.78 is 0. The molecule has 1 heterocycles. The molecule has 0 aromatic heterocycles. The Morgan fingerprint density at radius 2 is 1.79 bits per heavy atom. The standard InChI is InChI=1S/C13H25N3O.2ClH/c1-14-10-12(17)16-9-8-15(2)11-13(16)6-4-3-5-7-13;;/h14H,3-11H2,1-2H3;2*1H. The van der Waals surface area contributed by atoms with E-state index in [9.17, 15) is 4.79 Å². The third-order valence-electron chi connectivity index (χ3n) is 4.26. The molecule has 0 bridgehead atoms. The maximum atomic E-state index is 12.2. The quantitative estimate of drug-likeness (QED) is 0.840. The van der Waals surface area contributed by atoms with Gasteiger partial charge in [-0.25, -0.2) is 0 Å². The minimum atomic E-state index is 0. The Balaban J connectivity index is 0.00000162. The predicted molar refractivity (Wildman–Crippen MR) is 83.4 cm³/mol. The van der Waals surface area contributed by atoms with Gasteiger partial charge >= 0.3 is 0 Å². The molecule has 1 aliphatic heterocycles.